The molecule has 2 fully saturated rings. The van der Waals surface area contributed by atoms with E-state index in [1.54, 1.807) is 12.1 Å². The normalized spacial score (nSPS) is 36.5. The maximum atomic E-state index is 11.4. The second kappa shape index (κ2) is 5.05. The predicted molar refractivity (Wildman–Crippen MR) is 79.5 cm³/mol. The van der Waals surface area contributed by atoms with Crippen LogP contribution in [0.5, 0.6) is 5.75 Å². The third-order valence-corrected chi connectivity index (χ3v) is 5.27. The number of rotatable bonds is 3. The van der Waals surface area contributed by atoms with Gasteiger partial charge in [0.05, 0.1) is 5.60 Å². The minimum Gasteiger partial charge on any atom is -0.508 e. The molecule has 0 radical (unpaired) electrons. The zero-order valence-electron chi connectivity index (χ0n) is 12.4. The fraction of sp³-hybridized carbons (Fsp3) is 0.647. The van der Waals surface area contributed by atoms with Crippen LogP contribution in [0.1, 0.15) is 31.2 Å². The Morgan fingerprint density at radius 3 is 2.80 bits per heavy atom. The van der Waals surface area contributed by atoms with E-state index in [9.17, 15) is 10.2 Å². The second-order valence-electron chi connectivity index (χ2n) is 6.99. The van der Waals surface area contributed by atoms with Gasteiger partial charge in [-0.15, -0.1) is 0 Å². The largest absolute Gasteiger partial charge is 0.508 e. The van der Waals surface area contributed by atoms with E-state index in [0.29, 0.717) is 11.8 Å². The first-order valence-corrected chi connectivity index (χ1v) is 7.65. The van der Waals surface area contributed by atoms with Crippen LogP contribution in [0, 0.1) is 17.8 Å². The molecule has 2 unspecified atom stereocenters. The molecular formula is C17H25NO2. The van der Waals surface area contributed by atoms with Crippen LogP contribution >= 0.6 is 0 Å². The molecule has 1 aromatic carbocycles. The Hall–Kier alpha value is -1.06. The first kappa shape index (κ1) is 13.9. The highest BCUT2D eigenvalue weighted by molar-refractivity contribution is 5.33. The molecule has 0 saturated heterocycles. The number of phenols is 1. The number of aliphatic hydroxyl groups is 1. The number of benzene rings is 1. The van der Waals surface area contributed by atoms with E-state index < -0.39 is 5.60 Å². The molecule has 4 atom stereocenters. The number of fused-ring (bicyclic) bond motifs is 2. The average Bonchev–Trinajstić information content (AvgIpc) is 2.78. The summed E-state index contributed by atoms with van der Waals surface area (Å²) >= 11 is 0. The summed E-state index contributed by atoms with van der Waals surface area (Å²) in [6, 6.07) is 7.22. The summed E-state index contributed by atoms with van der Waals surface area (Å²) in [5, 5.41) is 21.2. The van der Waals surface area contributed by atoms with Gasteiger partial charge in [0.15, 0.2) is 0 Å². The van der Waals surface area contributed by atoms with Crippen LogP contribution in [0.25, 0.3) is 0 Å². The molecule has 2 saturated carbocycles. The van der Waals surface area contributed by atoms with Crippen LogP contribution in [0.2, 0.25) is 0 Å². The summed E-state index contributed by atoms with van der Waals surface area (Å²) in [5.41, 5.74) is 0.105. The third-order valence-electron chi connectivity index (χ3n) is 5.27. The highest BCUT2D eigenvalue weighted by Gasteiger charge is 2.51. The molecule has 0 aromatic heterocycles. The van der Waals surface area contributed by atoms with Crippen molar-refractivity contribution in [1.29, 1.82) is 0 Å². The summed E-state index contributed by atoms with van der Waals surface area (Å²) in [5.74, 6) is 1.77. The molecule has 2 aliphatic carbocycles. The second-order valence-corrected chi connectivity index (χ2v) is 6.99. The summed E-state index contributed by atoms with van der Waals surface area (Å²) in [6.45, 7) is 0.906. The van der Waals surface area contributed by atoms with Crippen molar-refractivity contribution in [3.8, 4) is 5.75 Å². The van der Waals surface area contributed by atoms with E-state index in [4.69, 9.17) is 0 Å². The number of nitrogens with zero attached hydrogens (tertiary/aromatic N) is 1. The quantitative estimate of drug-likeness (QED) is 0.891. The van der Waals surface area contributed by atoms with Crippen LogP contribution in [0.4, 0.5) is 0 Å². The van der Waals surface area contributed by atoms with E-state index in [-0.39, 0.29) is 11.7 Å². The highest BCUT2D eigenvalue weighted by atomic mass is 16.3. The Morgan fingerprint density at radius 1 is 1.30 bits per heavy atom. The first-order chi connectivity index (χ1) is 9.49. The lowest BCUT2D eigenvalue weighted by Gasteiger charge is -2.45. The van der Waals surface area contributed by atoms with Gasteiger partial charge in [-0.2, -0.15) is 0 Å². The molecule has 3 heteroatoms. The Balaban J connectivity index is 1.98. The topological polar surface area (TPSA) is 43.7 Å². The van der Waals surface area contributed by atoms with Gasteiger partial charge >= 0.3 is 0 Å². The fourth-order valence-electron chi connectivity index (χ4n) is 4.45. The van der Waals surface area contributed by atoms with Gasteiger partial charge in [-0.25, -0.2) is 0 Å². The number of hydrogen-bond donors (Lipinski definition) is 2. The van der Waals surface area contributed by atoms with Gasteiger partial charge in [-0.3, -0.25) is 0 Å². The van der Waals surface area contributed by atoms with Gasteiger partial charge in [0.1, 0.15) is 5.75 Å². The van der Waals surface area contributed by atoms with Crippen LogP contribution < -0.4 is 0 Å². The van der Waals surface area contributed by atoms with Crippen molar-refractivity contribution in [2.24, 2.45) is 17.8 Å². The monoisotopic (exact) mass is 275 g/mol. The van der Waals surface area contributed by atoms with Gasteiger partial charge in [-0.05, 0) is 62.9 Å². The SMILES string of the molecule is CN(C)C[C@@H]1C2CCC(C2)C[C@@]1(O)c1cccc(O)c1. The van der Waals surface area contributed by atoms with Gasteiger partial charge < -0.3 is 15.1 Å². The minimum atomic E-state index is -0.785. The van der Waals surface area contributed by atoms with Crippen LogP contribution in [-0.4, -0.2) is 35.8 Å². The lowest BCUT2D eigenvalue weighted by Crippen LogP contribution is -2.47. The Kier molecular flexibility index (Phi) is 3.51. The van der Waals surface area contributed by atoms with E-state index in [1.165, 1.54) is 19.3 Å². The fourth-order valence-corrected chi connectivity index (χ4v) is 4.45. The van der Waals surface area contributed by atoms with Crippen molar-refractivity contribution >= 4 is 0 Å². The summed E-state index contributed by atoms with van der Waals surface area (Å²) in [4.78, 5) is 2.18. The van der Waals surface area contributed by atoms with Gasteiger partial charge in [0, 0.05) is 12.5 Å². The van der Waals surface area contributed by atoms with Crippen molar-refractivity contribution in [3.63, 3.8) is 0 Å². The molecule has 1 aromatic rings. The minimum absolute atomic E-state index is 0.248. The van der Waals surface area contributed by atoms with Gasteiger partial charge in [-0.1, -0.05) is 18.6 Å². The molecule has 110 valence electrons. The Labute approximate surface area is 121 Å². The lowest BCUT2D eigenvalue weighted by molar-refractivity contribution is -0.0892. The summed E-state index contributed by atoms with van der Waals surface area (Å²) in [7, 11) is 4.15. The average molecular weight is 275 g/mol. The van der Waals surface area contributed by atoms with E-state index >= 15 is 0 Å². The standard InChI is InChI=1S/C17H25NO2/c1-18(2)11-16-13-7-6-12(8-13)10-17(16,20)14-4-3-5-15(19)9-14/h3-5,9,12-13,16,19-20H,6-8,10-11H2,1-2H3/t12?,13?,16-,17-/m1/s1. The number of phenolic OH excluding ortho intramolecular Hbond substituents is 1. The Morgan fingerprint density at radius 2 is 2.10 bits per heavy atom. The third kappa shape index (κ3) is 2.33. The maximum Gasteiger partial charge on any atom is 0.115 e. The molecule has 2 N–H and O–H groups in total. The van der Waals surface area contributed by atoms with Crippen molar-refractivity contribution in [1.82, 2.24) is 4.90 Å². The van der Waals surface area contributed by atoms with E-state index in [1.807, 2.05) is 12.1 Å². The maximum absolute atomic E-state index is 11.4. The van der Waals surface area contributed by atoms with E-state index in [2.05, 4.69) is 19.0 Å². The van der Waals surface area contributed by atoms with Crippen molar-refractivity contribution in [2.45, 2.75) is 31.3 Å². The van der Waals surface area contributed by atoms with Crippen LogP contribution in [0.3, 0.4) is 0 Å². The summed E-state index contributed by atoms with van der Waals surface area (Å²) in [6.07, 6.45) is 4.59. The molecule has 3 rings (SSSR count). The zero-order chi connectivity index (χ0) is 14.3. The zero-order valence-corrected chi connectivity index (χ0v) is 12.4. The Bertz CT molecular complexity index is 488. The summed E-state index contributed by atoms with van der Waals surface area (Å²) < 4.78 is 0. The molecule has 2 aliphatic rings. The first-order valence-electron chi connectivity index (χ1n) is 7.65. The van der Waals surface area contributed by atoms with Crippen molar-refractivity contribution in [2.75, 3.05) is 20.6 Å². The van der Waals surface area contributed by atoms with Crippen molar-refractivity contribution < 1.29 is 10.2 Å². The van der Waals surface area contributed by atoms with Gasteiger partial charge in [0.25, 0.3) is 0 Å². The molecule has 3 nitrogen and oxygen atoms in total. The smallest absolute Gasteiger partial charge is 0.115 e. The lowest BCUT2D eigenvalue weighted by atomic mass is 9.66. The molecular weight excluding hydrogens is 250 g/mol. The molecule has 0 amide bonds. The van der Waals surface area contributed by atoms with E-state index in [0.717, 1.165) is 18.5 Å². The molecule has 0 aliphatic heterocycles. The molecule has 0 spiro atoms. The number of hydrogen-bond acceptors (Lipinski definition) is 3. The molecule has 0 heterocycles. The number of aromatic hydroxyl groups is 1. The molecule has 2 bridgehead atoms. The molecule has 20 heavy (non-hydrogen) atoms. The highest BCUT2D eigenvalue weighted by Crippen LogP contribution is 2.54. The van der Waals surface area contributed by atoms with Crippen LogP contribution in [0.15, 0.2) is 24.3 Å². The van der Waals surface area contributed by atoms with Crippen LogP contribution in [-0.2, 0) is 5.60 Å². The van der Waals surface area contributed by atoms with Gasteiger partial charge in [0.2, 0.25) is 0 Å². The van der Waals surface area contributed by atoms with Crippen molar-refractivity contribution in [3.05, 3.63) is 29.8 Å². The predicted octanol–water partition coefficient (Wildman–Crippen LogP) is 2.58.